The first-order chi connectivity index (χ1) is 21.1. The van der Waals surface area contributed by atoms with Crippen LogP contribution in [0, 0.1) is 0 Å². The van der Waals surface area contributed by atoms with Gasteiger partial charge < -0.3 is 29.0 Å². The molecule has 5 rings (SSSR count). The molecular formula is C32H38F3N5O4. The van der Waals surface area contributed by atoms with Gasteiger partial charge in [0.15, 0.2) is 5.65 Å². The van der Waals surface area contributed by atoms with Crippen LogP contribution in [0.25, 0.3) is 5.65 Å². The number of ether oxygens (including phenoxy) is 2. The van der Waals surface area contributed by atoms with Crippen LogP contribution >= 0.6 is 0 Å². The molecule has 0 aliphatic carbocycles. The van der Waals surface area contributed by atoms with Crippen LogP contribution in [0.2, 0.25) is 0 Å². The number of pyridine rings is 1. The first kappa shape index (κ1) is 31.5. The van der Waals surface area contributed by atoms with Crippen LogP contribution in [0.4, 0.5) is 18.9 Å². The van der Waals surface area contributed by atoms with Gasteiger partial charge in [-0.25, -0.2) is 9.78 Å². The van der Waals surface area contributed by atoms with Crippen LogP contribution in [0.1, 0.15) is 49.4 Å². The van der Waals surface area contributed by atoms with E-state index >= 15 is 0 Å². The predicted octanol–water partition coefficient (Wildman–Crippen LogP) is 4.88. The molecule has 0 radical (unpaired) electrons. The summed E-state index contributed by atoms with van der Waals surface area (Å²) >= 11 is 0. The Labute approximate surface area is 254 Å². The fraction of sp³-hybridized carbons (Fsp3) is 0.469. The van der Waals surface area contributed by atoms with Gasteiger partial charge in [-0.15, -0.1) is 0 Å². The number of halogens is 3. The van der Waals surface area contributed by atoms with Crippen molar-refractivity contribution in [3.63, 3.8) is 0 Å². The molecule has 2 aromatic heterocycles. The third-order valence-corrected chi connectivity index (χ3v) is 8.00. The lowest BCUT2D eigenvalue weighted by Gasteiger charge is -2.38. The van der Waals surface area contributed by atoms with Crippen molar-refractivity contribution in [3.05, 3.63) is 77.8 Å². The van der Waals surface area contributed by atoms with Gasteiger partial charge in [0.1, 0.15) is 6.61 Å². The summed E-state index contributed by atoms with van der Waals surface area (Å²) in [5.74, 6) is -0.831. The van der Waals surface area contributed by atoms with Crippen molar-refractivity contribution in [1.82, 2.24) is 19.2 Å². The van der Waals surface area contributed by atoms with Crippen molar-refractivity contribution in [2.24, 2.45) is 0 Å². The van der Waals surface area contributed by atoms with E-state index in [1.54, 1.807) is 15.5 Å². The summed E-state index contributed by atoms with van der Waals surface area (Å²) in [6, 6.07) is 10.4. The molecule has 1 amide bonds. The Morgan fingerprint density at radius 1 is 1.14 bits per heavy atom. The normalized spacial score (nSPS) is 18.8. The molecule has 44 heavy (non-hydrogen) atoms. The smallest absolute Gasteiger partial charge is 0.417 e. The average molecular weight is 614 g/mol. The number of morpholine rings is 1. The number of piperidine rings is 1. The number of hydrogen-bond acceptors (Lipinski definition) is 7. The van der Waals surface area contributed by atoms with E-state index in [0.717, 1.165) is 55.5 Å². The quantitative estimate of drug-likeness (QED) is 0.272. The number of amides is 1. The van der Waals surface area contributed by atoms with Gasteiger partial charge in [0.05, 0.1) is 24.0 Å². The van der Waals surface area contributed by atoms with E-state index in [1.807, 2.05) is 44.2 Å². The average Bonchev–Trinajstić information content (AvgIpc) is 3.45. The van der Waals surface area contributed by atoms with Crippen molar-refractivity contribution in [1.29, 1.82) is 0 Å². The number of nitrogens with zero attached hydrogens (tertiary/aromatic N) is 4. The highest BCUT2D eigenvalue weighted by molar-refractivity contribution is 5.94. The molecule has 2 aliphatic heterocycles. The van der Waals surface area contributed by atoms with Crippen molar-refractivity contribution in [3.8, 4) is 0 Å². The number of carbonyl (C=O) groups is 2. The first-order valence-electron chi connectivity index (χ1n) is 14.9. The maximum absolute atomic E-state index is 13.7. The number of alkyl halides is 3. The minimum absolute atomic E-state index is 0.00475. The Balaban J connectivity index is 1.11. The number of nitrogens with one attached hydrogen (secondary N) is 1. The number of benzene rings is 1. The predicted molar refractivity (Wildman–Crippen MR) is 159 cm³/mol. The number of aromatic nitrogens is 2. The summed E-state index contributed by atoms with van der Waals surface area (Å²) in [4.78, 5) is 33.1. The van der Waals surface area contributed by atoms with Gasteiger partial charge >= 0.3 is 12.1 Å². The number of hydrogen-bond donors (Lipinski definition) is 1. The summed E-state index contributed by atoms with van der Waals surface area (Å²) in [7, 11) is 0. The second kappa shape index (κ2) is 13.8. The third kappa shape index (κ3) is 7.97. The standard InChI is InChI=1S/C32H38F3N5O4/c1-22(2)28-17-36-31-27(16-24(18-40(28)31)32(33,34)35)37-25-10-12-38(13-11-25)19-26-20-39(14-15-43-26)29(41)8-9-30(42)44-21-23-6-4-3-5-7-23/h3-9,16-18,22,25-26,37H,10-15,19-21H2,1-2H3/b9-8+/t26-/m1/s1. The number of imidazole rings is 1. The van der Waals surface area contributed by atoms with E-state index in [0.29, 0.717) is 37.6 Å². The minimum atomic E-state index is -4.47. The molecule has 1 N–H and O–H groups in total. The molecule has 0 bridgehead atoms. The Kier molecular flexibility index (Phi) is 9.90. The lowest BCUT2D eigenvalue weighted by atomic mass is 10.0. The zero-order valence-electron chi connectivity index (χ0n) is 24.9. The number of anilines is 1. The number of esters is 1. The van der Waals surface area contributed by atoms with Crippen LogP contribution in [0.3, 0.4) is 0 Å². The zero-order valence-corrected chi connectivity index (χ0v) is 24.9. The second-order valence-corrected chi connectivity index (χ2v) is 11.6. The SMILES string of the molecule is CC(C)c1cnc2c(NC3CCN(C[C@@H]4CN(C(=O)/C=C/C(=O)OCc5ccccc5)CCO4)CC3)cc(C(F)(F)F)cn12. The molecule has 0 saturated carbocycles. The molecule has 1 atom stereocenters. The summed E-state index contributed by atoms with van der Waals surface area (Å²) in [6.07, 6.45) is 1.98. The highest BCUT2D eigenvalue weighted by atomic mass is 19.4. The molecule has 0 spiro atoms. The van der Waals surface area contributed by atoms with Crippen molar-refractivity contribution < 1.29 is 32.2 Å². The van der Waals surface area contributed by atoms with Gasteiger partial charge in [0, 0.05) is 69.0 Å². The van der Waals surface area contributed by atoms with Gasteiger partial charge in [-0.1, -0.05) is 44.2 Å². The van der Waals surface area contributed by atoms with Gasteiger partial charge in [0.2, 0.25) is 5.91 Å². The molecule has 12 heteroatoms. The fourth-order valence-corrected chi connectivity index (χ4v) is 5.61. The summed E-state index contributed by atoms with van der Waals surface area (Å²) in [5.41, 5.74) is 1.75. The second-order valence-electron chi connectivity index (χ2n) is 11.6. The van der Waals surface area contributed by atoms with E-state index in [2.05, 4.69) is 15.2 Å². The molecule has 4 heterocycles. The Morgan fingerprint density at radius 3 is 2.59 bits per heavy atom. The molecule has 236 valence electrons. The Hall–Kier alpha value is -3.90. The van der Waals surface area contributed by atoms with Gasteiger partial charge in [0.25, 0.3) is 0 Å². The maximum Gasteiger partial charge on any atom is 0.417 e. The van der Waals surface area contributed by atoms with E-state index in [4.69, 9.17) is 9.47 Å². The highest BCUT2D eigenvalue weighted by Gasteiger charge is 2.33. The van der Waals surface area contributed by atoms with E-state index in [1.165, 1.54) is 6.08 Å². The summed E-state index contributed by atoms with van der Waals surface area (Å²) in [6.45, 7) is 7.33. The van der Waals surface area contributed by atoms with Crippen LogP contribution in [-0.4, -0.2) is 82.5 Å². The molecular weight excluding hydrogens is 575 g/mol. The Bertz CT molecular complexity index is 1470. The molecule has 3 aromatic rings. The van der Waals surface area contributed by atoms with Crippen molar-refractivity contribution >= 4 is 23.2 Å². The lowest BCUT2D eigenvalue weighted by Crippen LogP contribution is -2.51. The lowest BCUT2D eigenvalue weighted by molar-refractivity contribution is -0.140. The Morgan fingerprint density at radius 2 is 1.89 bits per heavy atom. The summed E-state index contributed by atoms with van der Waals surface area (Å²) < 4.78 is 53.8. The van der Waals surface area contributed by atoms with Gasteiger partial charge in [-0.05, 0) is 30.4 Å². The van der Waals surface area contributed by atoms with Crippen LogP contribution in [0.5, 0.6) is 0 Å². The number of likely N-dealkylation sites (tertiary alicyclic amines) is 1. The monoisotopic (exact) mass is 613 g/mol. The fourth-order valence-electron chi connectivity index (χ4n) is 5.61. The minimum Gasteiger partial charge on any atom is -0.458 e. The van der Waals surface area contributed by atoms with Crippen LogP contribution in [-0.2, 0) is 31.8 Å². The highest BCUT2D eigenvalue weighted by Crippen LogP contribution is 2.34. The molecule has 2 fully saturated rings. The molecule has 9 nitrogen and oxygen atoms in total. The third-order valence-electron chi connectivity index (χ3n) is 8.00. The number of fused-ring (bicyclic) bond motifs is 1. The largest absolute Gasteiger partial charge is 0.458 e. The van der Waals surface area contributed by atoms with Gasteiger partial charge in [-0.3, -0.25) is 4.79 Å². The molecule has 1 aromatic carbocycles. The zero-order chi connectivity index (χ0) is 31.3. The molecule has 2 saturated heterocycles. The molecule has 0 unspecified atom stereocenters. The maximum atomic E-state index is 13.7. The first-order valence-corrected chi connectivity index (χ1v) is 14.9. The number of carbonyl (C=O) groups excluding carboxylic acids is 2. The van der Waals surface area contributed by atoms with Gasteiger partial charge in [-0.2, -0.15) is 13.2 Å². The van der Waals surface area contributed by atoms with Crippen molar-refractivity contribution in [2.75, 3.05) is 44.6 Å². The van der Waals surface area contributed by atoms with Crippen LogP contribution < -0.4 is 5.32 Å². The summed E-state index contributed by atoms with van der Waals surface area (Å²) in [5, 5.41) is 3.34. The number of rotatable bonds is 9. The van der Waals surface area contributed by atoms with Crippen molar-refractivity contribution in [2.45, 2.75) is 57.5 Å². The van der Waals surface area contributed by atoms with E-state index in [-0.39, 0.29) is 30.6 Å². The van der Waals surface area contributed by atoms with Crippen LogP contribution in [0.15, 0.2) is 60.9 Å². The van der Waals surface area contributed by atoms with E-state index < -0.39 is 17.7 Å². The van der Waals surface area contributed by atoms with E-state index in [9.17, 15) is 22.8 Å². The topological polar surface area (TPSA) is 88.4 Å². The molecule has 2 aliphatic rings.